The van der Waals surface area contributed by atoms with E-state index >= 15 is 0 Å². The van der Waals surface area contributed by atoms with Crippen LogP contribution in [0.4, 0.5) is 5.69 Å². The van der Waals surface area contributed by atoms with E-state index in [-0.39, 0.29) is 5.41 Å². The molecule has 1 aliphatic carbocycles. The molecule has 0 N–H and O–H groups in total. The Labute approximate surface area is 260 Å². The molecular weight excluding hydrogens is 548 g/mol. The van der Waals surface area contributed by atoms with Crippen LogP contribution in [0.25, 0.3) is 71.0 Å². The van der Waals surface area contributed by atoms with Gasteiger partial charge in [-0.15, -0.1) is 0 Å². The second-order valence-corrected chi connectivity index (χ2v) is 12.5. The average Bonchev–Trinajstić information content (AvgIpc) is 3.66. The predicted octanol–water partition coefficient (Wildman–Crippen LogP) is 10.6. The first-order valence-electron chi connectivity index (χ1n) is 15.1. The lowest BCUT2D eigenvalue weighted by Crippen LogP contribution is -2.14. The lowest BCUT2D eigenvalue weighted by atomic mass is 9.82. The van der Waals surface area contributed by atoms with Gasteiger partial charge in [-0.05, 0) is 89.0 Å². The fraction of sp³-hybridized carbons (Fsp3) is 0.0732. The van der Waals surface area contributed by atoms with Crippen molar-refractivity contribution < 1.29 is 0 Å². The number of hydrogen-bond acceptors (Lipinski definition) is 1. The molecule has 6 aromatic carbocycles. The Bertz CT molecular complexity index is 2650. The highest BCUT2D eigenvalue weighted by Crippen LogP contribution is 2.52. The van der Waals surface area contributed by atoms with Gasteiger partial charge in [-0.2, -0.15) is 5.26 Å². The van der Waals surface area contributed by atoms with Crippen molar-refractivity contribution in [2.45, 2.75) is 19.3 Å². The molecule has 0 spiro atoms. The SMILES string of the molecule is [C-]#[N+]c1ccc2c(c1)-c1cc3c(cc1C2(C)C)c1ccccc1n3-c1cccc(-n2c3ccccc3c3cc(C#N)ccc32)c1. The third kappa shape index (κ3) is 3.40. The molecule has 0 bridgehead atoms. The zero-order chi connectivity index (χ0) is 30.4. The highest BCUT2D eigenvalue weighted by molar-refractivity contribution is 6.12. The summed E-state index contributed by atoms with van der Waals surface area (Å²) in [6, 6.07) is 44.9. The molecule has 210 valence electrons. The third-order valence-electron chi connectivity index (χ3n) is 9.73. The van der Waals surface area contributed by atoms with Crippen LogP contribution < -0.4 is 0 Å². The molecule has 0 saturated heterocycles. The zero-order valence-electron chi connectivity index (χ0n) is 24.8. The molecule has 9 rings (SSSR count). The van der Waals surface area contributed by atoms with Crippen molar-refractivity contribution in [3.8, 4) is 28.6 Å². The minimum absolute atomic E-state index is 0.162. The van der Waals surface area contributed by atoms with Crippen LogP contribution in [0.1, 0.15) is 30.5 Å². The maximum Gasteiger partial charge on any atom is 0.187 e. The molecule has 0 saturated carbocycles. The molecule has 8 aromatic rings. The van der Waals surface area contributed by atoms with Crippen LogP contribution >= 0.6 is 0 Å². The average molecular weight is 575 g/mol. The number of fused-ring (bicyclic) bond motifs is 9. The monoisotopic (exact) mass is 574 g/mol. The second-order valence-electron chi connectivity index (χ2n) is 12.5. The smallest absolute Gasteiger partial charge is 0.187 e. The summed E-state index contributed by atoms with van der Waals surface area (Å²) in [6.45, 7) is 12.2. The molecule has 45 heavy (non-hydrogen) atoms. The Hall–Kier alpha value is -6.10. The predicted molar refractivity (Wildman–Crippen MR) is 184 cm³/mol. The molecule has 2 aromatic heterocycles. The lowest BCUT2D eigenvalue weighted by Gasteiger charge is -2.21. The van der Waals surface area contributed by atoms with Gasteiger partial charge in [-0.3, -0.25) is 0 Å². The van der Waals surface area contributed by atoms with Crippen LogP contribution in [0.15, 0.2) is 121 Å². The molecule has 0 fully saturated rings. The number of nitriles is 1. The van der Waals surface area contributed by atoms with Gasteiger partial charge >= 0.3 is 0 Å². The number of benzene rings is 6. The Morgan fingerprint density at radius 1 is 0.578 bits per heavy atom. The summed E-state index contributed by atoms with van der Waals surface area (Å²) in [5.41, 5.74) is 12.7. The normalized spacial score (nSPS) is 13.2. The van der Waals surface area contributed by atoms with Crippen molar-refractivity contribution in [1.82, 2.24) is 9.13 Å². The number of hydrogen-bond donors (Lipinski definition) is 0. The summed E-state index contributed by atoms with van der Waals surface area (Å²) >= 11 is 0. The number of rotatable bonds is 2. The topological polar surface area (TPSA) is 38.0 Å². The van der Waals surface area contributed by atoms with Crippen LogP contribution in [0.5, 0.6) is 0 Å². The van der Waals surface area contributed by atoms with Crippen LogP contribution in [-0.4, -0.2) is 9.13 Å². The van der Waals surface area contributed by atoms with E-state index in [1.807, 2.05) is 18.2 Å². The highest BCUT2D eigenvalue weighted by Gasteiger charge is 2.36. The second kappa shape index (κ2) is 8.96. The fourth-order valence-corrected chi connectivity index (χ4v) is 7.64. The zero-order valence-corrected chi connectivity index (χ0v) is 24.8. The molecule has 4 nitrogen and oxygen atoms in total. The van der Waals surface area contributed by atoms with E-state index in [0.29, 0.717) is 11.3 Å². The van der Waals surface area contributed by atoms with Crippen molar-refractivity contribution in [1.29, 1.82) is 5.26 Å². The summed E-state index contributed by atoms with van der Waals surface area (Å²) in [5.74, 6) is 0. The van der Waals surface area contributed by atoms with Gasteiger partial charge in [0.15, 0.2) is 5.69 Å². The van der Waals surface area contributed by atoms with Crippen molar-refractivity contribution in [3.05, 3.63) is 149 Å². The van der Waals surface area contributed by atoms with E-state index in [1.165, 1.54) is 27.5 Å². The Kier molecular flexibility index (Phi) is 5.06. The standard InChI is InChI=1S/C41H26N4/c1-41(2)35-17-16-26(43-3)20-31(35)32-23-40-34(22-36(32)41)30-12-5-7-14-38(30)45(40)28-10-8-9-27(21-28)44-37-13-6-4-11-29(37)33-19-25(24-42)15-18-39(33)44/h4-23H,1-2H3. The largest absolute Gasteiger partial charge is 0.309 e. The molecule has 0 unspecified atom stereocenters. The first-order valence-corrected chi connectivity index (χ1v) is 15.1. The first-order chi connectivity index (χ1) is 22.0. The van der Waals surface area contributed by atoms with Gasteiger partial charge in [0.05, 0.1) is 40.3 Å². The van der Waals surface area contributed by atoms with Crippen molar-refractivity contribution in [3.63, 3.8) is 0 Å². The summed E-state index contributed by atoms with van der Waals surface area (Å²) in [5, 5.41) is 14.2. The maximum absolute atomic E-state index is 9.60. The van der Waals surface area contributed by atoms with E-state index in [0.717, 1.165) is 49.8 Å². The van der Waals surface area contributed by atoms with Crippen LogP contribution in [0.3, 0.4) is 0 Å². The van der Waals surface area contributed by atoms with E-state index in [2.05, 4.69) is 137 Å². The quantitative estimate of drug-likeness (QED) is 0.189. The molecule has 0 atom stereocenters. The maximum atomic E-state index is 9.60. The van der Waals surface area contributed by atoms with Gasteiger partial charge in [-0.1, -0.05) is 68.4 Å². The molecule has 1 aliphatic rings. The van der Waals surface area contributed by atoms with E-state index in [1.54, 1.807) is 0 Å². The van der Waals surface area contributed by atoms with Crippen molar-refractivity contribution in [2.24, 2.45) is 0 Å². The summed E-state index contributed by atoms with van der Waals surface area (Å²) in [4.78, 5) is 3.74. The molecule has 0 amide bonds. The summed E-state index contributed by atoms with van der Waals surface area (Å²) in [7, 11) is 0. The highest BCUT2D eigenvalue weighted by atomic mass is 15.0. The van der Waals surface area contributed by atoms with Gasteiger partial charge in [-0.25, -0.2) is 4.85 Å². The molecule has 0 radical (unpaired) electrons. The van der Waals surface area contributed by atoms with E-state index < -0.39 is 0 Å². The fourth-order valence-electron chi connectivity index (χ4n) is 7.64. The van der Waals surface area contributed by atoms with Gasteiger partial charge in [0, 0.05) is 38.3 Å². The van der Waals surface area contributed by atoms with Gasteiger partial charge in [0.2, 0.25) is 0 Å². The van der Waals surface area contributed by atoms with Gasteiger partial charge in [0.1, 0.15) is 0 Å². The molecule has 0 aliphatic heterocycles. The Balaban J connectivity index is 1.33. The van der Waals surface area contributed by atoms with E-state index in [9.17, 15) is 5.26 Å². The summed E-state index contributed by atoms with van der Waals surface area (Å²) in [6.07, 6.45) is 0. The number of aromatic nitrogens is 2. The van der Waals surface area contributed by atoms with Crippen molar-refractivity contribution in [2.75, 3.05) is 0 Å². The molecule has 4 heteroatoms. The molecular formula is C41H26N4. The van der Waals surface area contributed by atoms with Gasteiger partial charge in [0.25, 0.3) is 0 Å². The minimum Gasteiger partial charge on any atom is -0.309 e. The minimum atomic E-state index is -0.162. The Morgan fingerprint density at radius 2 is 1.20 bits per heavy atom. The first kappa shape index (κ1) is 25.4. The lowest BCUT2D eigenvalue weighted by molar-refractivity contribution is 0.661. The van der Waals surface area contributed by atoms with E-state index in [4.69, 9.17) is 6.57 Å². The third-order valence-corrected chi connectivity index (χ3v) is 9.73. The van der Waals surface area contributed by atoms with Crippen LogP contribution in [0, 0.1) is 17.9 Å². The van der Waals surface area contributed by atoms with Crippen LogP contribution in [-0.2, 0) is 5.41 Å². The number of para-hydroxylation sites is 2. The number of nitrogens with zero attached hydrogens (tertiary/aromatic N) is 4. The van der Waals surface area contributed by atoms with Crippen molar-refractivity contribution >= 4 is 49.3 Å². The molecule has 2 heterocycles. The van der Waals surface area contributed by atoms with Gasteiger partial charge < -0.3 is 9.13 Å². The van der Waals surface area contributed by atoms with Crippen LogP contribution in [0.2, 0.25) is 0 Å². The summed E-state index contributed by atoms with van der Waals surface area (Å²) < 4.78 is 4.67. The Morgan fingerprint density at radius 3 is 1.89 bits per heavy atom.